The molecule has 6 nitrogen and oxygen atoms in total. The van der Waals surface area contributed by atoms with Crippen molar-refractivity contribution in [2.75, 3.05) is 58.9 Å². The third-order valence-electron chi connectivity index (χ3n) is 5.30. The zero-order valence-corrected chi connectivity index (χ0v) is 16.6. The smallest absolute Gasteiger partial charge is 0.236 e. The summed E-state index contributed by atoms with van der Waals surface area (Å²) in [5.74, 6) is 0.312. The van der Waals surface area contributed by atoms with Crippen LogP contribution in [0.1, 0.15) is 18.4 Å². The minimum Gasteiger partial charge on any atom is -0.355 e. The first-order valence-corrected chi connectivity index (χ1v) is 10.2. The van der Waals surface area contributed by atoms with Gasteiger partial charge in [-0.3, -0.25) is 19.4 Å². The Kier molecular flexibility index (Phi) is 7.50. The largest absolute Gasteiger partial charge is 0.355 e. The Morgan fingerprint density at radius 3 is 2.11 bits per heavy atom. The van der Waals surface area contributed by atoms with Gasteiger partial charge in [-0.15, -0.1) is 0 Å². The minimum absolute atomic E-state index is 0.0607. The van der Waals surface area contributed by atoms with Gasteiger partial charge in [0.2, 0.25) is 11.8 Å². The molecule has 148 valence electrons. The summed E-state index contributed by atoms with van der Waals surface area (Å²) in [6.45, 7) is 6.75. The molecule has 2 heterocycles. The van der Waals surface area contributed by atoms with Gasteiger partial charge in [-0.2, -0.15) is 0 Å². The molecule has 0 unspecified atom stereocenters. The van der Waals surface area contributed by atoms with Crippen LogP contribution in [0.15, 0.2) is 24.3 Å². The summed E-state index contributed by atoms with van der Waals surface area (Å²) in [7, 11) is 0. The summed E-state index contributed by atoms with van der Waals surface area (Å²) in [6, 6.07) is 7.70. The Morgan fingerprint density at radius 2 is 1.48 bits per heavy atom. The number of hydrogen-bond donors (Lipinski definition) is 1. The molecule has 2 aliphatic rings. The first-order valence-electron chi connectivity index (χ1n) is 9.84. The summed E-state index contributed by atoms with van der Waals surface area (Å²) in [5, 5.41) is 3.71. The van der Waals surface area contributed by atoms with Gasteiger partial charge in [0, 0.05) is 50.8 Å². The number of amides is 2. The fourth-order valence-electron chi connectivity index (χ4n) is 3.62. The van der Waals surface area contributed by atoms with Gasteiger partial charge in [-0.25, -0.2) is 0 Å². The standard InChI is InChI=1S/C20H29ClN4O2/c21-18-5-3-17(4-6-18)7-8-22-19(26)15-23-11-13-24(14-12-23)16-20(27)25-9-1-2-10-25/h3-6H,1-2,7-16H2,(H,22,26). The second-order valence-corrected chi connectivity index (χ2v) is 7.80. The Labute approximate surface area is 166 Å². The van der Waals surface area contributed by atoms with Gasteiger partial charge in [0.15, 0.2) is 0 Å². The number of hydrogen-bond acceptors (Lipinski definition) is 4. The highest BCUT2D eigenvalue weighted by Crippen LogP contribution is 2.10. The lowest BCUT2D eigenvalue weighted by atomic mass is 10.1. The van der Waals surface area contributed by atoms with E-state index >= 15 is 0 Å². The molecule has 0 bridgehead atoms. The number of piperazine rings is 1. The highest BCUT2D eigenvalue weighted by molar-refractivity contribution is 6.30. The van der Waals surface area contributed by atoms with E-state index in [9.17, 15) is 9.59 Å². The van der Waals surface area contributed by atoms with E-state index in [2.05, 4.69) is 15.1 Å². The molecular weight excluding hydrogens is 364 g/mol. The van der Waals surface area contributed by atoms with Crippen LogP contribution >= 0.6 is 11.6 Å². The molecule has 7 heteroatoms. The molecule has 2 aliphatic heterocycles. The topological polar surface area (TPSA) is 55.9 Å². The summed E-state index contributed by atoms with van der Waals surface area (Å²) in [5.41, 5.74) is 1.16. The van der Waals surface area contributed by atoms with E-state index < -0.39 is 0 Å². The zero-order valence-electron chi connectivity index (χ0n) is 15.8. The fraction of sp³-hybridized carbons (Fsp3) is 0.600. The van der Waals surface area contributed by atoms with Gasteiger partial charge in [0.05, 0.1) is 13.1 Å². The van der Waals surface area contributed by atoms with Crippen molar-refractivity contribution in [1.29, 1.82) is 0 Å². The number of carbonyl (C=O) groups excluding carboxylic acids is 2. The second-order valence-electron chi connectivity index (χ2n) is 7.37. The Bertz CT molecular complexity index is 623. The van der Waals surface area contributed by atoms with E-state index in [4.69, 9.17) is 11.6 Å². The second kappa shape index (κ2) is 10.1. The Balaban J connectivity index is 1.29. The molecule has 0 aliphatic carbocycles. The molecule has 1 aromatic carbocycles. The summed E-state index contributed by atoms with van der Waals surface area (Å²) >= 11 is 5.88. The van der Waals surface area contributed by atoms with Crippen molar-refractivity contribution >= 4 is 23.4 Å². The van der Waals surface area contributed by atoms with Crippen LogP contribution in [-0.4, -0.2) is 85.4 Å². The van der Waals surface area contributed by atoms with Crippen molar-refractivity contribution in [3.8, 4) is 0 Å². The van der Waals surface area contributed by atoms with Crippen molar-refractivity contribution in [3.05, 3.63) is 34.9 Å². The number of likely N-dealkylation sites (tertiary alicyclic amines) is 1. The Hall–Kier alpha value is -1.63. The van der Waals surface area contributed by atoms with Crippen LogP contribution < -0.4 is 5.32 Å². The van der Waals surface area contributed by atoms with Crippen LogP contribution in [-0.2, 0) is 16.0 Å². The van der Waals surface area contributed by atoms with Crippen molar-refractivity contribution in [2.45, 2.75) is 19.3 Å². The van der Waals surface area contributed by atoms with Crippen molar-refractivity contribution in [3.63, 3.8) is 0 Å². The van der Waals surface area contributed by atoms with Gasteiger partial charge >= 0.3 is 0 Å². The molecule has 0 aromatic heterocycles. The number of rotatable bonds is 7. The number of benzene rings is 1. The predicted octanol–water partition coefficient (Wildman–Crippen LogP) is 1.24. The van der Waals surface area contributed by atoms with E-state index in [1.54, 1.807) is 0 Å². The maximum absolute atomic E-state index is 12.2. The maximum atomic E-state index is 12.2. The lowest BCUT2D eigenvalue weighted by molar-refractivity contribution is -0.132. The van der Waals surface area contributed by atoms with Crippen LogP contribution in [0, 0.1) is 0 Å². The number of nitrogens with one attached hydrogen (secondary N) is 1. The monoisotopic (exact) mass is 392 g/mol. The van der Waals surface area contributed by atoms with Crippen LogP contribution in [0.2, 0.25) is 5.02 Å². The van der Waals surface area contributed by atoms with Gasteiger partial charge in [-0.1, -0.05) is 23.7 Å². The zero-order chi connectivity index (χ0) is 19.1. The SMILES string of the molecule is O=C(CN1CCN(CC(=O)N2CCCC2)CC1)NCCc1ccc(Cl)cc1. The normalized spacial score (nSPS) is 18.6. The molecule has 0 spiro atoms. The average molecular weight is 393 g/mol. The highest BCUT2D eigenvalue weighted by Gasteiger charge is 2.24. The van der Waals surface area contributed by atoms with Crippen LogP contribution in [0.25, 0.3) is 0 Å². The molecule has 2 amide bonds. The van der Waals surface area contributed by atoms with E-state index in [0.717, 1.165) is 69.1 Å². The first kappa shape index (κ1) is 20.1. The lowest BCUT2D eigenvalue weighted by Crippen LogP contribution is -2.51. The van der Waals surface area contributed by atoms with Crippen LogP contribution in [0.5, 0.6) is 0 Å². The van der Waals surface area contributed by atoms with Crippen molar-refractivity contribution in [2.24, 2.45) is 0 Å². The third-order valence-corrected chi connectivity index (χ3v) is 5.55. The lowest BCUT2D eigenvalue weighted by Gasteiger charge is -2.34. The van der Waals surface area contributed by atoms with Crippen LogP contribution in [0.3, 0.4) is 0 Å². The number of nitrogens with zero attached hydrogens (tertiary/aromatic N) is 3. The molecule has 0 saturated carbocycles. The van der Waals surface area contributed by atoms with E-state index in [0.29, 0.717) is 19.6 Å². The van der Waals surface area contributed by atoms with Crippen LogP contribution in [0.4, 0.5) is 0 Å². The molecule has 27 heavy (non-hydrogen) atoms. The third kappa shape index (κ3) is 6.48. The quantitative estimate of drug-likeness (QED) is 0.758. The van der Waals surface area contributed by atoms with E-state index in [1.807, 2.05) is 29.2 Å². The van der Waals surface area contributed by atoms with E-state index in [1.165, 1.54) is 0 Å². The molecule has 1 aromatic rings. The number of carbonyl (C=O) groups is 2. The fourth-order valence-corrected chi connectivity index (χ4v) is 3.75. The molecular formula is C20H29ClN4O2. The Morgan fingerprint density at radius 1 is 0.889 bits per heavy atom. The summed E-state index contributed by atoms with van der Waals surface area (Å²) in [4.78, 5) is 30.7. The molecule has 3 rings (SSSR count). The number of halogens is 1. The van der Waals surface area contributed by atoms with Crippen molar-refractivity contribution in [1.82, 2.24) is 20.0 Å². The minimum atomic E-state index is 0.0607. The first-order chi connectivity index (χ1) is 13.1. The van der Waals surface area contributed by atoms with Gasteiger partial charge < -0.3 is 10.2 Å². The van der Waals surface area contributed by atoms with E-state index in [-0.39, 0.29) is 11.8 Å². The van der Waals surface area contributed by atoms with Gasteiger partial charge in [-0.05, 0) is 37.0 Å². The molecule has 2 saturated heterocycles. The molecule has 2 fully saturated rings. The maximum Gasteiger partial charge on any atom is 0.236 e. The summed E-state index contributed by atoms with van der Waals surface area (Å²) < 4.78 is 0. The molecule has 0 atom stereocenters. The predicted molar refractivity (Wildman–Crippen MR) is 107 cm³/mol. The van der Waals surface area contributed by atoms with Crippen molar-refractivity contribution < 1.29 is 9.59 Å². The molecule has 0 radical (unpaired) electrons. The van der Waals surface area contributed by atoms with Gasteiger partial charge in [0.1, 0.15) is 0 Å². The highest BCUT2D eigenvalue weighted by atomic mass is 35.5. The van der Waals surface area contributed by atoms with Gasteiger partial charge in [0.25, 0.3) is 0 Å². The summed E-state index contributed by atoms with van der Waals surface area (Å²) in [6.07, 6.45) is 3.06. The average Bonchev–Trinajstić information content (AvgIpc) is 3.20. The molecule has 1 N–H and O–H groups in total.